The van der Waals surface area contributed by atoms with E-state index in [1.54, 1.807) is 6.07 Å². The summed E-state index contributed by atoms with van der Waals surface area (Å²) in [4.78, 5) is 11.1. The number of halogens is 1. The zero-order valence-corrected chi connectivity index (χ0v) is 12.4. The molecule has 0 amide bonds. The third-order valence-electron chi connectivity index (χ3n) is 3.66. The lowest BCUT2D eigenvalue weighted by molar-refractivity contribution is -0.137. The smallest absolute Gasteiger partial charge is 0.304 e. The Morgan fingerprint density at radius 3 is 2.25 bits per heavy atom. The lowest BCUT2D eigenvalue weighted by atomic mass is 9.91. The molecule has 1 saturated carbocycles. The molecule has 1 aliphatic carbocycles. The van der Waals surface area contributed by atoms with Crippen molar-refractivity contribution in [3.8, 4) is 17.2 Å². The van der Waals surface area contributed by atoms with Crippen molar-refractivity contribution in [1.29, 1.82) is 0 Å². The van der Waals surface area contributed by atoms with Crippen molar-refractivity contribution in [3.05, 3.63) is 16.7 Å². The van der Waals surface area contributed by atoms with Gasteiger partial charge in [-0.15, -0.1) is 0 Å². The van der Waals surface area contributed by atoms with Gasteiger partial charge in [0, 0.05) is 17.0 Å². The quantitative estimate of drug-likeness (QED) is 0.875. The molecule has 0 aliphatic heterocycles. The van der Waals surface area contributed by atoms with E-state index in [1.165, 1.54) is 21.3 Å². The van der Waals surface area contributed by atoms with E-state index in [1.807, 2.05) is 0 Å². The van der Waals surface area contributed by atoms with Crippen LogP contribution in [0, 0.1) is 0 Å². The third kappa shape index (κ3) is 2.38. The molecule has 20 heavy (non-hydrogen) atoms. The number of methoxy groups -OCH3 is 3. The Labute approximate surface area is 122 Å². The number of benzene rings is 1. The van der Waals surface area contributed by atoms with E-state index in [0.717, 1.165) is 12.8 Å². The Morgan fingerprint density at radius 2 is 1.85 bits per heavy atom. The molecule has 0 radical (unpaired) electrons. The third-order valence-corrected chi connectivity index (χ3v) is 3.95. The number of hydrogen-bond acceptors (Lipinski definition) is 4. The van der Waals surface area contributed by atoms with Crippen LogP contribution in [-0.2, 0) is 10.2 Å². The van der Waals surface area contributed by atoms with Gasteiger partial charge in [-0.3, -0.25) is 4.79 Å². The normalized spacial score (nSPS) is 15.6. The summed E-state index contributed by atoms with van der Waals surface area (Å²) in [6.45, 7) is 0. The molecular formula is C14H17ClO5. The SMILES string of the molecule is COc1cc(Cl)c(C2(CC(=O)O)CC2)c(OC)c1OC. The van der Waals surface area contributed by atoms with Gasteiger partial charge in [-0.05, 0) is 12.8 Å². The van der Waals surface area contributed by atoms with Crippen molar-refractivity contribution in [2.75, 3.05) is 21.3 Å². The summed E-state index contributed by atoms with van der Waals surface area (Å²) in [6, 6.07) is 1.64. The first-order valence-electron chi connectivity index (χ1n) is 6.20. The Morgan fingerprint density at radius 1 is 1.25 bits per heavy atom. The Bertz CT molecular complexity index is 537. The van der Waals surface area contributed by atoms with Crippen LogP contribution in [0.5, 0.6) is 17.2 Å². The number of rotatable bonds is 6. The molecular weight excluding hydrogens is 284 g/mol. The van der Waals surface area contributed by atoms with E-state index in [-0.39, 0.29) is 6.42 Å². The highest BCUT2D eigenvalue weighted by Crippen LogP contribution is 2.59. The first-order valence-corrected chi connectivity index (χ1v) is 6.57. The maximum absolute atomic E-state index is 11.1. The molecule has 0 unspecified atom stereocenters. The largest absolute Gasteiger partial charge is 0.493 e. The number of carbonyl (C=O) groups is 1. The van der Waals surface area contributed by atoms with Crippen LogP contribution in [0.4, 0.5) is 0 Å². The molecule has 0 saturated heterocycles. The molecule has 2 rings (SSSR count). The minimum atomic E-state index is -0.851. The second-order valence-electron chi connectivity index (χ2n) is 4.85. The average molecular weight is 301 g/mol. The predicted molar refractivity (Wildman–Crippen MR) is 74.3 cm³/mol. The second kappa shape index (κ2) is 5.40. The topological polar surface area (TPSA) is 65.0 Å². The first kappa shape index (κ1) is 14.8. The second-order valence-corrected chi connectivity index (χ2v) is 5.26. The van der Waals surface area contributed by atoms with Crippen LogP contribution in [0.2, 0.25) is 5.02 Å². The van der Waals surface area contributed by atoms with E-state index in [0.29, 0.717) is 27.8 Å². The first-order chi connectivity index (χ1) is 9.49. The molecule has 1 fully saturated rings. The molecule has 1 aromatic carbocycles. The number of ether oxygens (including phenoxy) is 3. The fourth-order valence-electron chi connectivity index (χ4n) is 2.58. The van der Waals surface area contributed by atoms with Gasteiger partial charge in [0.05, 0.1) is 32.8 Å². The van der Waals surface area contributed by atoms with Crippen molar-refractivity contribution >= 4 is 17.6 Å². The summed E-state index contributed by atoms with van der Waals surface area (Å²) < 4.78 is 16.0. The Balaban J connectivity index is 2.61. The average Bonchev–Trinajstić information content (AvgIpc) is 3.16. The Kier molecular flexibility index (Phi) is 3.99. The summed E-state index contributed by atoms with van der Waals surface area (Å²) in [5, 5.41) is 9.54. The minimum Gasteiger partial charge on any atom is -0.493 e. The van der Waals surface area contributed by atoms with E-state index >= 15 is 0 Å². The summed E-state index contributed by atoms with van der Waals surface area (Å²) in [7, 11) is 4.53. The van der Waals surface area contributed by atoms with Crippen molar-refractivity contribution < 1.29 is 24.1 Å². The van der Waals surface area contributed by atoms with Gasteiger partial charge in [0.15, 0.2) is 11.5 Å². The van der Waals surface area contributed by atoms with Gasteiger partial charge in [-0.2, -0.15) is 0 Å². The van der Waals surface area contributed by atoms with Crippen LogP contribution in [0.15, 0.2) is 6.07 Å². The van der Waals surface area contributed by atoms with Gasteiger partial charge in [-0.1, -0.05) is 11.6 Å². The number of hydrogen-bond donors (Lipinski definition) is 1. The van der Waals surface area contributed by atoms with Gasteiger partial charge < -0.3 is 19.3 Å². The summed E-state index contributed by atoms with van der Waals surface area (Å²) in [6.07, 6.45) is 1.56. The highest BCUT2D eigenvalue weighted by molar-refractivity contribution is 6.32. The predicted octanol–water partition coefficient (Wildman–Crippen LogP) is 2.87. The van der Waals surface area contributed by atoms with Crippen LogP contribution in [0.3, 0.4) is 0 Å². The van der Waals surface area contributed by atoms with Crippen molar-refractivity contribution in [2.45, 2.75) is 24.7 Å². The van der Waals surface area contributed by atoms with E-state index in [2.05, 4.69) is 0 Å². The van der Waals surface area contributed by atoms with E-state index in [9.17, 15) is 4.79 Å². The van der Waals surface area contributed by atoms with Crippen molar-refractivity contribution in [2.24, 2.45) is 0 Å². The van der Waals surface area contributed by atoms with Crippen LogP contribution < -0.4 is 14.2 Å². The van der Waals surface area contributed by atoms with Gasteiger partial charge >= 0.3 is 5.97 Å². The molecule has 1 aliphatic rings. The highest BCUT2D eigenvalue weighted by atomic mass is 35.5. The highest BCUT2D eigenvalue weighted by Gasteiger charge is 2.50. The summed E-state index contributed by atoms with van der Waals surface area (Å²) in [5.41, 5.74) is 0.232. The van der Waals surface area contributed by atoms with Crippen molar-refractivity contribution in [3.63, 3.8) is 0 Å². The summed E-state index contributed by atoms with van der Waals surface area (Å²) >= 11 is 6.32. The zero-order valence-electron chi connectivity index (χ0n) is 11.7. The van der Waals surface area contributed by atoms with Crippen LogP contribution in [-0.4, -0.2) is 32.4 Å². The van der Waals surface area contributed by atoms with Gasteiger partial charge in [0.1, 0.15) is 0 Å². The minimum absolute atomic E-state index is 0.0264. The molecule has 0 aromatic heterocycles. The zero-order chi connectivity index (χ0) is 14.9. The van der Waals surface area contributed by atoms with Gasteiger partial charge in [0.25, 0.3) is 0 Å². The molecule has 6 heteroatoms. The summed E-state index contributed by atoms with van der Waals surface area (Å²) in [5.74, 6) is 0.501. The van der Waals surface area contributed by atoms with E-state index in [4.69, 9.17) is 30.9 Å². The van der Waals surface area contributed by atoms with E-state index < -0.39 is 11.4 Å². The molecule has 1 N–H and O–H groups in total. The van der Waals surface area contributed by atoms with Gasteiger partial charge in [0.2, 0.25) is 5.75 Å². The van der Waals surface area contributed by atoms with Crippen LogP contribution >= 0.6 is 11.6 Å². The maximum atomic E-state index is 11.1. The van der Waals surface area contributed by atoms with Crippen molar-refractivity contribution in [1.82, 2.24) is 0 Å². The lowest BCUT2D eigenvalue weighted by Crippen LogP contribution is -2.15. The molecule has 0 atom stereocenters. The fraction of sp³-hybridized carbons (Fsp3) is 0.500. The molecule has 1 aromatic rings. The lowest BCUT2D eigenvalue weighted by Gasteiger charge is -2.22. The van der Waals surface area contributed by atoms with Gasteiger partial charge in [-0.25, -0.2) is 0 Å². The van der Waals surface area contributed by atoms with Crippen LogP contribution in [0.1, 0.15) is 24.8 Å². The maximum Gasteiger partial charge on any atom is 0.304 e. The Hall–Kier alpha value is -1.62. The molecule has 5 nitrogen and oxygen atoms in total. The van der Waals surface area contributed by atoms with Crippen LogP contribution in [0.25, 0.3) is 0 Å². The molecule has 0 bridgehead atoms. The number of carboxylic acids is 1. The monoisotopic (exact) mass is 300 g/mol. The molecule has 110 valence electrons. The fourth-order valence-corrected chi connectivity index (χ4v) is 2.96. The number of aliphatic carboxylic acids is 1. The molecule has 0 spiro atoms. The standard InChI is InChI=1S/C14H17ClO5/c1-18-9-6-8(15)11(13(20-3)12(9)19-2)14(4-5-14)7-10(16)17/h6H,4-5,7H2,1-3H3,(H,16,17). The number of carboxylic acid groups (broad SMARTS) is 1. The molecule has 0 heterocycles.